The highest BCUT2D eigenvalue weighted by atomic mass is 32.1. The zero-order valence-electron chi connectivity index (χ0n) is 15.7. The van der Waals surface area contributed by atoms with Crippen molar-refractivity contribution < 1.29 is 42.5 Å². The van der Waals surface area contributed by atoms with Crippen molar-refractivity contribution in [2.24, 2.45) is 5.41 Å². The van der Waals surface area contributed by atoms with E-state index in [1.54, 1.807) is 11.1 Å². The summed E-state index contributed by atoms with van der Waals surface area (Å²) in [4.78, 5) is 38.6. The molecule has 1 aliphatic heterocycles. The zero-order valence-corrected chi connectivity index (χ0v) is 16.5. The standard InChI is InChI=1S/C14H21N3O4S.C2HF3O2/c1-10(11-15-5-7-22-11)16-13(20)17-6-3-4-14(8-17,9-21-2)12(18)19;3-2(4,5)1(6)7/h5,7,10H,3-4,6,8-9H2,1-2H3,(H,16,20)(H,18,19);(H,6,7). The molecule has 0 saturated carbocycles. The van der Waals surface area contributed by atoms with Gasteiger partial charge in [-0.2, -0.15) is 13.2 Å². The molecule has 1 aromatic rings. The lowest BCUT2D eigenvalue weighted by atomic mass is 9.80. The number of ether oxygens (including phenoxy) is 1. The maximum atomic E-state index is 12.4. The summed E-state index contributed by atoms with van der Waals surface area (Å²) in [6, 6.07) is -0.458. The average molecular weight is 441 g/mol. The molecule has 2 rings (SSSR count). The molecule has 0 aromatic carbocycles. The fraction of sp³-hybridized carbons (Fsp3) is 0.625. The van der Waals surface area contributed by atoms with Crippen molar-refractivity contribution in [3.05, 3.63) is 16.6 Å². The second-order valence-electron chi connectivity index (χ2n) is 6.39. The van der Waals surface area contributed by atoms with Crippen molar-refractivity contribution in [3.63, 3.8) is 0 Å². The van der Waals surface area contributed by atoms with Gasteiger partial charge < -0.3 is 25.2 Å². The Bertz CT molecular complexity index is 697. The van der Waals surface area contributed by atoms with Gasteiger partial charge >= 0.3 is 24.1 Å². The van der Waals surface area contributed by atoms with Gasteiger partial charge in [-0.15, -0.1) is 11.3 Å². The molecule has 0 aliphatic carbocycles. The summed E-state index contributed by atoms with van der Waals surface area (Å²) in [7, 11) is 1.48. The third-order valence-electron chi connectivity index (χ3n) is 4.14. The summed E-state index contributed by atoms with van der Waals surface area (Å²) in [5, 5.41) is 22.2. The van der Waals surface area contributed by atoms with Crippen molar-refractivity contribution in [1.29, 1.82) is 0 Å². The monoisotopic (exact) mass is 441 g/mol. The number of hydrogen-bond donors (Lipinski definition) is 3. The largest absolute Gasteiger partial charge is 0.490 e. The molecule has 0 radical (unpaired) electrons. The predicted octanol–water partition coefficient (Wildman–Crippen LogP) is 2.36. The molecule has 1 fully saturated rings. The predicted molar refractivity (Wildman–Crippen MR) is 95.5 cm³/mol. The van der Waals surface area contributed by atoms with Crippen LogP contribution in [0.3, 0.4) is 0 Å². The number of aliphatic carboxylic acids is 2. The van der Waals surface area contributed by atoms with Crippen molar-refractivity contribution >= 4 is 29.3 Å². The molecule has 3 N–H and O–H groups in total. The van der Waals surface area contributed by atoms with Crippen molar-refractivity contribution in [3.8, 4) is 0 Å². The number of carboxylic acid groups (broad SMARTS) is 2. The highest BCUT2D eigenvalue weighted by Crippen LogP contribution is 2.31. The maximum absolute atomic E-state index is 12.4. The van der Waals surface area contributed by atoms with Crippen LogP contribution in [-0.2, 0) is 14.3 Å². The van der Waals surface area contributed by atoms with Crippen LogP contribution in [0.4, 0.5) is 18.0 Å². The maximum Gasteiger partial charge on any atom is 0.490 e. The van der Waals surface area contributed by atoms with Gasteiger partial charge in [0, 0.05) is 31.8 Å². The normalized spacial score (nSPS) is 20.2. The second kappa shape index (κ2) is 10.4. The number of amides is 2. The Kier molecular flexibility index (Phi) is 8.82. The Morgan fingerprint density at radius 1 is 1.41 bits per heavy atom. The van der Waals surface area contributed by atoms with Crippen LogP contribution in [0.5, 0.6) is 0 Å². The first-order valence-electron chi connectivity index (χ1n) is 8.40. The number of nitrogens with zero attached hydrogens (tertiary/aromatic N) is 2. The number of halogens is 3. The van der Waals surface area contributed by atoms with Gasteiger partial charge in [0.05, 0.1) is 12.6 Å². The van der Waals surface area contributed by atoms with Gasteiger partial charge in [-0.3, -0.25) is 4.79 Å². The summed E-state index contributed by atoms with van der Waals surface area (Å²) >= 11 is 1.47. The number of hydrogen-bond acceptors (Lipinski definition) is 6. The summed E-state index contributed by atoms with van der Waals surface area (Å²) in [5.74, 6) is -3.67. The third kappa shape index (κ3) is 7.16. The Morgan fingerprint density at radius 2 is 2.03 bits per heavy atom. The van der Waals surface area contributed by atoms with E-state index in [9.17, 15) is 27.9 Å². The molecule has 2 atom stereocenters. The molecule has 9 nitrogen and oxygen atoms in total. The van der Waals surface area contributed by atoms with Crippen molar-refractivity contribution in [2.75, 3.05) is 26.8 Å². The number of carboxylic acids is 2. The number of thiazole rings is 1. The van der Waals surface area contributed by atoms with E-state index in [1.165, 1.54) is 18.4 Å². The number of methoxy groups -OCH3 is 1. The number of carbonyl (C=O) groups is 3. The first-order valence-corrected chi connectivity index (χ1v) is 9.28. The van der Waals surface area contributed by atoms with Crippen LogP contribution >= 0.6 is 11.3 Å². The van der Waals surface area contributed by atoms with Gasteiger partial charge in [0.25, 0.3) is 0 Å². The van der Waals surface area contributed by atoms with E-state index in [0.29, 0.717) is 19.4 Å². The van der Waals surface area contributed by atoms with Crippen LogP contribution in [-0.4, -0.2) is 71.0 Å². The lowest BCUT2D eigenvalue weighted by Crippen LogP contribution is -2.54. The molecule has 0 spiro atoms. The van der Waals surface area contributed by atoms with Gasteiger partial charge in [-0.25, -0.2) is 14.6 Å². The second-order valence-corrected chi connectivity index (χ2v) is 7.31. The van der Waals surface area contributed by atoms with Gasteiger partial charge in [0.2, 0.25) is 0 Å². The quantitative estimate of drug-likeness (QED) is 0.640. The van der Waals surface area contributed by atoms with Gasteiger partial charge in [0.15, 0.2) is 0 Å². The number of likely N-dealkylation sites (tertiary alicyclic amines) is 1. The molecule has 2 unspecified atom stereocenters. The number of piperidine rings is 1. The number of carbonyl (C=O) groups excluding carboxylic acids is 1. The van der Waals surface area contributed by atoms with Crippen LogP contribution in [0.2, 0.25) is 0 Å². The molecule has 1 saturated heterocycles. The molecule has 0 bridgehead atoms. The summed E-state index contributed by atoms with van der Waals surface area (Å²) < 4.78 is 36.8. The molecular weight excluding hydrogens is 419 g/mol. The van der Waals surface area contributed by atoms with E-state index in [1.807, 2.05) is 12.3 Å². The van der Waals surface area contributed by atoms with Crippen molar-refractivity contribution in [2.45, 2.75) is 32.0 Å². The summed E-state index contributed by atoms with van der Waals surface area (Å²) in [6.07, 6.45) is -2.23. The fourth-order valence-electron chi connectivity index (χ4n) is 2.72. The molecule has 164 valence electrons. The number of alkyl halides is 3. The summed E-state index contributed by atoms with van der Waals surface area (Å²) in [6.45, 7) is 2.68. The van der Waals surface area contributed by atoms with Crippen LogP contribution in [0.1, 0.15) is 30.8 Å². The Labute approximate surface area is 168 Å². The van der Waals surface area contributed by atoms with E-state index in [0.717, 1.165) is 5.01 Å². The lowest BCUT2D eigenvalue weighted by Gasteiger charge is -2.39. The molecule has 1 aliphatic rings. The SMILES string of the molecule is COCC1(C(=O)O)CCCN(C(=O)NC(C)c2nccs2)C1.O=C(O)C(F)(F)F. The lowest BCUT2D eigenvalue weighted by molar-refractivity contribution is -0.192. The fourth-order valence-corrected chi connectivity index (χ4v) is 3.37. The van der Waals surface area contributed by atoms with E-state index >= 15 is 0 Å². The van der Waals surface area contributed by atoms with E-state index < -0.39 is 23.5 Å². The molecule has 29 heavy (non-hydrogen) atoms. The van der Waals surface area contributed by atoms with E-state index in [-0.39, 0.29) is 25.2 Å². The van der Waals surface area contributed by atoms with Gasteiger partial charge in [-0.05, 0) is 19.8 Å². The molecular formula is C16H22F3N3O6S. The minimum Gasteiger partial charge on any atom is -0.481 e. The number of nitrogens with one attached hydrogen (secondary N) is 1. The number of rotatable bonds is 5. The molecule has 2 amide bonds. The van der Waals surface area contributed by atoms with E-state index in [4.69, 9.17) is 14.6 Å². The Hall–Kier alpha value is -2.41. The van der Waals surface area contributed by atoms with E-state index in [2.05, 4.69) is 10.3 Å². The minimum absolute atomic E-state index is 0.105. The van der Waals surface area contributed by atoms with Gasteiger partial charge in [0.1, 0.15) is 10.4 Å². The molecule has 2 heterocycles. The molecule has 13 heteroatoms. The van der Waals surface area contributed by atoms with Crippen LogP contribution in [0, 0.1) is 5.41 Å². The van der Waals surface area contributed by atoms with Crippen LogP contribution in [0.25, 0.3) is 0 Å². The smallest absolute Gasteiger partial charge is 0.481 e. The highest BCUT2D eigenvalue weighted by molar-refractivity contribution is 7.09. The topological polar surface area (TPSA) is 129 Å². The minimum atomic E-state index is -5.08. The number of aromatic nitrogens is 1. The zero-order chi connectivity index (χ0) is 22.2. The van der Waals surface area contributed by atoms with Gasteiger partial charge in [-0.1, -0.05) is 0 Å². The third-order valence-corrected chi connectivity index (χ3v) is 5.10. The summed E-state index contributed by atoms with van der Waals surface area (Å²) in [5.41, 5.74) is -1.02. The highest BCUT2D eigenvalue weighted by Gasteiger charge is 2.44. The first-order chi connectivity index (χ1) is 13.4. The molecule has 1 aromatic heterocycles. The number of urea groups is 1. The first kappa shape index (κ1) is 24.6. The Morgan fingerprint density at radius 3 is 2.48 bits per heavy atom. The van der Waals surface area contributed by atoms with Crippen LogP contribution < -0.4 is 5.32 Å². The van der Waals surface area contributed by atoms with Crippen molar-refractivity contribution in [1.82, 2.24) is 15.2 Å². The Balaban J connectivity index is 0.000000516. The average Bonchev–Trinajstić information content (AvgIpc) is 3.16. The van der Waals surface area contributed by atoms with Crippen LogP contribution in [0.15, 0.2) is 11.6 Å².